The molecule has 0 aromatic heterocycles. The highest BCUT2D eigenvalue weighted by Gasteiger charge is 2.20. The first kappa shape index (κ1) is 15.0. The van der Waals surface area contributed by atoms with Gasteiger partial charge in [0.25, 0.3) is 0 Å². The molecule has 0 spiro atoms. The molecule has 1 atom stereocenters. The smallest absolute Gasteiger partial charge is 0.325 e. The van der Waals surface area contributed by atoms with Crippen molar-refractivity contribution in [1.82, 2.24) is 10.2 Å². The molecule has 0 fully saturated rings. The Morgan fingerprint density at radius 1 is 1.63 bits per heavy atom. The Balaban J connectivity index is 2.40. The molecular formula is C13H20N4O2. The van der Waals surface area contributed by atoms with Crippen molar-refractivity contribution in [2.45, 2.75) is 32.6 Å². The summed E-state index contributed by atoms with van der Waals surface area (Å²) in [6, 6.07) is 0.535. The number of amides is 4. The Bertz CT molecular complexity index is 411. The summed E-state index contributed by atoms with van der Waals surface area (Å²) in [5.41, 5.74) is 6.50. The number of primary amides is 1. The molecule has 0 aromatic rings. The number of nitrogens with two attached hydrogens (primary N) is 1. The maximum atomic E-state index is 11.8. The van der Waals surface area contributed by atoms with Gasteiger partial charge in [0.15, 0.2) is 0 Å². The zero-order chi connectivity index (χ0) is 14.3. The summed E-state index contributed by atoms with van der Waals surface area (Å²) in [5, 5.41) is 11.2. The summed E-state index contributed by atoms with van der Waals surface area (Å²) >= 11 is 0. The van der Waals surface area contributed by atoms with Gasteiger partial charge in [0.05, 0.1) is 12.5 Å². The summed E-state index contributed by atoms with van der Waals surface area (Å²) in [6.45, 7) is 2.66. The van der Waals surface area contributed by atoms with Gasteiger partial charge in [-0.25, -0.2) is 14.5 Å². The van der Waals surface area contributed by atoms with Gasteiger partial charge in [0.2, 0.25) is 0 Å². The largest absolute Gasteiger partial charge is 0.351 e. The maximum Gasteiger partial charge on any atom is 0.325 e. The lowest BCUT2D eigenvalue weighted by Crippen LogP contribution is -2.48. The van der Waals surface area contributed by atoms with Crippen LogP contribution in [0.4, 0.5) is 9.59 Å². The highest BCUT2D eigenvalue weighted by Crippen LogP contribution is 2.22. The number of urea groups is 2. The summed E-state index contributed by atoms with van der Waals surface area (Å²) in [6.07, 6.45) is 5.30. The zero-order valence-electron chi connectivity index (χ0n) is 11.2. The quantitative estimate of drug-likeness (QED) is 0.756. The molecule has 1 rings (SSSR count). The number of rotatable bonds is 4. The van der Waals surface area contributed by atoms with Gasteiger partial charge in [-0.15, -0.1) is 0 Å². The third-order valence-electron chi connectivity index (χ3n) is 3.25. The molecule has 6 nitrogen and oxygen atoms in total. The van der Waals surface area contributed by atoms with Crippen LogP contribution in [0.25, 0.3) is 0 Å². The zero-order valence-corrected chi connectivity index (χ0v) is 11.2. The van der Waals surface area contributed by atoms with Gasteiger partial charge in [-0.1, -0.05) is 11.6 Å². The number of nitrogens with zero attached hydrogens (tertiary/aromatic N) is 2. The van der Waals surface area contributed by atoms with Gasteiger partial charge in [-0.3, -0.25) is 0 Å². The number of imide groups is 1. The van der Waals surface area contributed by atoms with Crippen molar-refractivity contribution >= 4 is 12.1 Å². The van der Waals surface area contributed by atoms with Crippen LogP contribution in [0, 0.1) is 17.2 Å². The summed E-state index contributed by atoms with van der Waals surface area (Å²) in [4.78, 5) is 23.8. The van der Waals surface area contributed by atoms with Crippen LogP contribution in [0.5, 0.6) is 0 Å². The molecule has 1 aliphatic carbocycles. The van der Waals surface area contributed by atoms with E-state index in [1.165, 1.54) is 5.57 Å². The molecule has 0 radical (unpaired) electrons. The fraction of sp³-hybridized carbons (Fsp3) is 0.615. The van der Waals surface area contributed by atoms with Crippen LogP contribution in [0.2, 0.25) is 0 Å². The number of allylic oxidation sites excluding steroid dienone is 2. The summed E-state index contributed by atoms with van der Waals surface area (Å²) in [7, 11) is 0. The van der Waals surface area contributed by atoms with Crippen molar-refractivity contribution in [1.29, 1.82) is 5.26 Å². The number of nitrogens with one attached hydrogen (secondary N) is 1. The molecule has 0 aromatic carbocycles. The summed E-state index contributed by atoms with van der Waals surface area (Å²) < 4.78 is 0. The van der Waals surface area contributed by atoms with Crippen LogP contribution in [0.15, 0.2) is 11.6 Å². The number of carbonyl (C=O) groups is 2. The van der Waals surface area contributed by atoms with Gasteiger partial charge in [0, 0.05) is 13.1 Å². The lowest BCUT2D eigenvalue weighted by atomic mass is 9.90. The topological polar surface area (TPSA) is 99.2 Å². The highest BCUT2D eigenvalue weighted by atomic mass is 16.2. The third kappa shape index (κ3) is 5.00. The molecular weight excluding hydrogens is 244 g/mol. The van der Waals surface area contributed by atoms with Crippen LogP contribution >= 0.6 is 0 Å². The highest BCUT2D eigenvalue weighted by molar-refractivity contribution is 5.92. The first-order chi connectivity index (χ1) is 9.04. The Hall–Kier alpha value is -2.03. The number of nitriles is 1. The molecule has 0 saturated heterocycles. The van der Waals surface area contributed by atoms with Crippen molar-refractivity contribution in [2.24, 2.45) is 11.7 Å². The normalized spacial score (nSPS) is 18.1. The van der Waals surface area contributed by atoms with E-state index in [0.717, 1.165) is 24.2 Å². The van der Waals surface area contributed by atoms with Gasteiger partial charge in [-0.05, 0) is 32.1 Å². The van der Waals surface area contributed by atoms with E-state index in [-0.39, 0.29) is 13.0 Å². The Kier molecular flexibility index (Phi) is 5.86. The van der Waals surface area contributed by atoms with Crippen LogP contribution in [0.1, 0.15) is 32.6 Å². The molecule has 0 saturated carbocycles. The average molecular weight is 264 g/mol. The minimum absolute atomic E-state index is 0.0291. The lowest BCUT2D eigenvalue weighted by molar-refractivity contribution is 0.190. The number of hydrogen-bond acceptors (Lipinski definition) is 3. The predicted molar refractivity (Wildman–Crippen MR) is 71.0 cm³/mol. The van der Waals surface area contributed by atoms with Crippen LogP contribution in [-0.2, 0) is 0 Å². The Morgan fingerprint density at radius 3 is 2.89 bits per heavy atom. The van der Waals surface area contributed by atoms with Crippen LogP contribution in [-0.4, -0.2) is 30.1 Å². The third-order valence-corrected chi connectivity index (χ3v) is 3.25. The van der Waals surface area contributed by atoms with E-state index in [4.69, 9.17) is 11.0 Å². The first-order valence-corrected chi connectivity index (χ1v) is 6.42. The van der Waals surface area contributed by atoms with E-state index >= 15 is 0 Å². The monoisotopic (exact) mass is 264 g/mol. The van der Waals surface area contributed by atoms with Crippen LogP contribution in [0.3, 0.4) is 0 Å². The van der Waals surface area contributed by atoms with Gasteiger partial charge < -0.3 is 11.1 Å². The fourth-order valence-corrected chi connectivity index (χ4v) is 2.01. The van der Waals surface area contributed by atoms with Crippen molar-refractivity contribution in [3.63, 3.8) is 0 Å². The molecule has 1 unspecified atom stereocenters. The van der Waals surface area contributed by atoms with Crippen molar-refractivity contribution in [3.8, 4) is 6.07 Å². The standard InChI is InChI=1S/C13H20N4O2/c1-10-3-5-11(6-4-10)9-16-13(19)17(12(15)18)8-2-7-14/h3,11H,2,4-6,8-9H2,1H3,(H2,15,18)(H,16,19). The van der Waals surface area contributed by atoms with E-state index in [0.29, 0.717) is 12.5 Å². The summed E-state index contributed by atoms with van der Waals surface area (Å²) in [5.74, 6) is 0.401. The van der Waals surface area contributed by atoms with Gasteiger partial charge in [0.1, 0.15) is 0 Å². The lowest BCUT2D eigenvalue weighted by Gasteiger charge is -2.23. The second-order valence-corrected chi connectivity index (χ2v) is 4.77. The maximum absolute atomic E-state index is 11.8. The second kappa shape index (κ2) is 7.41. The molecule has 6 heteroatoms. The van der Waals surface area contributed by atoms with E-state index in [1.807, 2.05) is 6.07 Å². The van der Waals surface area contributed by atoms with E-state index in [2.05, 4.69) is 18.3 Å². The first-order valence-electron chi connectivity index (χ1n) is 6.42. The molecule has 4 amide bonds. The molecule has 1 aliphatic rings. The van der Waals surface area contributed by atoms with E-state index in [1.54, 1.807) is 0 Å². The average Bonchev–Trinajstić information content (AvgIpc) is 2.38. The Labute approximate surface area is 113 Å². The minimum Gasteiger partial charge on any atom is -0.351 e. The van der Waals surface area contributed by atoms with Crippen molar-refractivity contribution in [3.05, 3.63) is 11.6 Å². The molecule has 0 aliphatic heterocycles. The predicted octanol–water partition coefficient (Wildman–Crippen LogP) is 1.74. The van der Waals surface area contributed by atoms with Gasteiger partial charge in [-0.2, -0.15) is 5.26 Å². The number of carbonyl (C=O) groups excluding carboxylic acids is 2. The fourth-order valence-electron chi connectivity index (χ4n) is 2.01. The molecule has 0 bridgehead atoms. The SMILES string of the molecule is CC1=CCC(CNC(=O)N(CCC#N)C(N)=O)CC1. The van der Waals surface area contributed by atoms with Crippen molar-refractivity contribution in [2.75, 3.05) is 13.1 Å². The van der Waals surface area contributed by atoms with Crippen molar-refractivity contribution < 1.29 is 9.59 Å². The minimum atomic E-state index is -0.827. The molecule has 104 valence electrons. The second-order valence-electron chi connectivity index (χ2n) is 4.77. The Morgan fingerprint density at radius 2 is 2.37 bits per heavy atom. The van der Waals surface area contributed by atoms with E-state index < -0.39 is 12.1 Å². The molecule has 0 heterocycles. The molecule has 3 N–H and O–H groups in total. The molecule has 19 heavy (non-hydrogen) atoms. The van der Waals surface area contributed by atoms with E-state index in [9.17, 15) is 9.59 Å². The number of hydrogen-bond donors (Lipinski definition) is 2. The van der Waals surface area contributed by atoms with Gasteiger partial charge >= 0.3 is 12.1 Å². The van der Waals surface area contributed by atoms with Crippen LogP contribution < -0.4 is 11.1 Å².